The highest BCUT2D eigenvalue weighted by Gasteiger charge is 2.32. The number of rotatable bonds is 5. The second kappa shape index (κ2) is 6.90. The van der Waals surface area contributed by atoms with Crippen LogP contribution in [0.3, 0.4) is 0 Å². The normalized spacial score (nSPS) is 18.5. The third-order valence-electron chi connectivity index (χ3n) is 4.51. The molecular formula is C18H24N2OS. The van der Waals surface area contributed by atoms with E-state index in [1.54, 1.807) is 11.3 Å². The van der Waals surface area contributed by atoms with Crippen molar-refractivity contribution in [3.05, 3.63) is 52.0 Å². The van der Waals surface area contributed by atoms with Crippen LogP contribution in [-0.4, -0.2) is 40.2 Å². The van der Waals surface area contributed by atoms with Crippen molar-refractivity contribution in [1.29, 1.82) is 0 Å². The average Bonchev–Trinajstić information content (AvgIpc) is 2.93. The predicted molar refractivity (Wildman–Crippen MR) is 91.3 cm³/mol. The molecule has 22 heavy (non-hydrogen) atoms. The van der Waals surface area contributed by atoms with Gasteiger partial charge in [-0.15, -0.1) is 11.3 Å². The second-order valence-electron chi connectivity index (χ2n) is 6.34. The maximum Gasteiger partial charge on any atom is 0.0897 e. The third-order valence-corrected chi connectivity index (χ3v) is 5.34. The zero-order valence-corrected chi connectivity index (χ0v) is 14.0. The fourth-order valence-electron chi connectivity index (χ4n) is 3.14. The standard InChI is InChI=1S/C18H24N2OS/c1-15-19-17(14-22-15)7-10-20-11-8-18(21,9-12-20)13-16-5-3-2-4-6-16/h2-6,14,21H,7-13H2,1H3. The molecule has 0 aliphatic carbocycles. The minimum atomic E-state index is -0.533. The van der Waals surface area contributed by atoms with Crippen LogP contribution in [0.25, 0.3) is 0 Å². The third kappa shape index (κ3) is 4.15. The largest absolute Gasteiger partial charge is 0.389 e. The van der Waals surface area contributed by atoms with Crippen molar-refractivity contribution in [2.75, 3.05) is 19.6 Å². The van der Waals surface area contributed by atoms with Crippen LogP contribution in [0.5, 0.6) is 0 Å². The molecule has 3 nitrogen and oxygen atoms in total. The van der Waals surface area contributed by atoms with E-state index < -0.39 is 5.60 Å². The summed E-state index contributed by atoms with van der Waals surface area (Å²) in [6.07, 6.45) is 3.50. The molecule has 1 N–H and O–H groups in total. The summed E-state index contributed by atoms with van der Waals surface area (Å²) in [7, 11) is 0. The molecule has 0 unspecified atom stereocenters. The SMILES string of the molecule is Cc1nc(CCN2CCC(O)(Cc3ccccc3)CC2)cs1. The summed E-state index contributed by atoms with van der Waals surface area (Å²) in [4.78, 5) is 6.97. The smallest absolute Gasteiger partial charge is 0.0897 e. The van der Waals surface area contributed by atoms with Crippen LogP contribution in [0, 0.1) is 6.92 Å². The van der Waals surface area contributed by atoms with E-state index in [1.807, 2.05) is 18.2 Å². The first-order valence-corrected chi connectivity index (χ1v) is 8.91. The van der Waals surface area contributed by atoms with Crippen molar-refractivity contribution in [3.63, 3.8) is 0 Å². The van der Waals surface area contributed by atoms with Gasteiger partial charge in [-0.1, -0.05) is 30.3 Å². The predicted octanol–water partition coefficient (Wildman–Crippen LogP) is 3.06. The Morgan fingerprint density at radius 2 is 1.95 bits per heavy atom. The summed E-state index contributed by atoms with van der Waals surface area (Å²) in [5.41, 5.74) is 1.90. The zero-order valence-electron chi connectivity index (χ0n) is 13.2. The molecule has 0 saturated carbocycles. The highest BCUT2D eigenvalue weighted by molar-refractivity contribution is 7.09. The Labute approximate surface area is 136 Å². The van der Waals surface area contributed by atoms with Gasteiger partial charge in [0.05, 0.1) is 16.3 Å². The van der Waals surface area contributed by atoms with Crippen molar-refractivity contribution in [2.24, 2.45) is 0 Å². The van der Waals surface area contributed by atoms with E-state index >= 15 is 0 Å². The number of hydrogen-bond donors (Lipinski definition) is 1. The Morgan fingerprint density at radius 3 is 2.59 bits per heavy atom. The van der Waals surface area contributed by atoms with Crippen molar-refractivity contribution >= 4 is 11.3 Å². The first kappa shape index (κ1) is 15.7. The summed E-state index contributed by atoms with van der Waals surface area (Å²) >= 11 is 1.72. The van der Waals surface area contributed by atoms with Gasteiger partial charge in [-0.05, 0) is 25.3 Å². The Kier molecular flexibility index (Phi) is 4.91. The van der Waals surface area contributed by atoms with Gasteiger partial charge in [-0.3, -0.25) is 0 Å². The number of piperidine rings is 1. The molecule has 1 fully saturated rings. The Hall–Kier alpha value is -1.23. The van der Waals surface area contributed by atoms with Crippen LogP contribution in [0.2, 0.25) is 0 Å². The molecule has 0 bridgehead atoms. The monoisotopic (exact) mass is 316 g/mol. The molecule has 1 aliphatic heterocycles. The lowest BCUT2D eigenvalue weighted by Crippen LogP contribution is -2.46. The molecule has 118 valence electrons. The number of aryl methyl sites for hydroxylation is 1. The minimum Gasteiger partial charge on any atom is -0.389 e. The topological polar surface area (TPSA) is 36.4 Å². The van der Waals surface area contributed by atoms with E-state index in [9.17, 15) is 5.11 Å². The van der Waals surface area contributed by atoms with E-state index in [0.29, 0.717) is 0 Å². The van der Waals surface area contributed by atoms with Gasteiger partial charge in [-0.2, -0.15) is 0 Å². The van der Waals surface area contributed by atoms with Crippen LogP contribution in [0.15, 0.2) is 35.7 Å². The number of hydrogen-bond acceptors (Lipinski definition) is 4. The van der Waals surface area contributed by atoms with Crippen LogP contribution >= 0.6 is 11.3 Å². The average molecular weight is 316 g/mol. The lowest BCUT2D eigenvalue weighted by molar-refractivity contribution is -0.0203. The van der Waals surface area contributed by atoms with Gasteiger partial charge in [0.25, 0.3) is 0 Å². The number of aromatic nitrogens is 1. The van der Waals surface area contributed by atoms with E-state index in [-0.39, 0.29) is 0 Å². The molecule has 0 amide bonds. The second-order valence-corrected chi connectivity index (χ2v) is 7.40. The number of likely N-dealkylation sites (tertiary alicyclic amines) is 1. The van der Waals surface area contributed by atoms with Crippen molar-refractivity contribution in [1.82, 2.24) is 9.88 Å². The first-order chi connectivity index (χ1) is 10.6. The molecule has 3 rings (SSSR count). The molecule has 1 aromatic heterocycles. The van der Waals surface area contributed by atoms with E-state index in [1.165, 1.54) is 11.3 Å². The molecule has 0 radical (unpaired) electrons. The molecule has 1 aliphatic rings. The maximum absolute atomic E-state index is 10.8. The van der Waals surface area contributed by atoms with Gasteiger partial charge >= 0.3 is 0 Å². The number of aliphatic hydroxyl groups is 1. The zero-order chi connectivity index (χ0) is 15.4. The van der Waals surface area contributed by atoms with Gasteiger partial charge < -0.3 is 10.0 Å². The van der Waals surface area contributed by atoms with Crippen LogP contribution in [0.1, 0.15) is 29.1 Å². The van der Waals surface area contributed by atoms with Crippen LogP contribution in [-0.2, 0) is 12.8 Å². The summed E-state index contributed by atoms with van der Waals surface area (Å²) in [6, 6.07) is 10.3. The van der Waals surface area contributed by atoms with Gasteiger partial charge in [0, 0.05) is 37.9 Å². The summed E-state index contributed by atoms with van der Waals surface area (Å²) < 4.78 is 0. The lowest BCUT2D eigenvalue weighted by atomic mass is 9.85. The fourth-order valence-corrected chi connectivity index (χ4v) is 3.79. The summed E-state index contributed by atoms with van der Waals surface area (Å²) in [6.45, 7) is 5.06. The summed E-state index contributed by atoms with van der Waals surface area (Å²) in [5.74, 6) is 0. The fraction of sp³-hybridized carbons (Fsp3) is 0.500. The quantitative estimate of drug-likeness (QED) is 0.921. The van der Waals surface area contributed by atoms with E-state index in [4.69, 9.17) is 0 Å². The number of benzene rings is 1. The molecule has 2 aromatic rings. The maximum atomic E-state index is 10.8. The van der Waals surface area contributed by atoms with Crippen molar-refractivity contribution < 1.29 is 5.11 Å². The van der Waals surface area contributed by atoms with Crippen molar-refractivity contribution in [3.8, 4) is 0 Å². The summed E-state index contributed by atoms with van der Waals surface area (Å²) in [5, 5.41) is 14.1. The van der Waals surface area contributed by atoms with Gasteiger partial charge in [0.15, 0.2) is 0 Å². The van der Waals surface area contributed by atoms with Gasteiger partial charge in [-0.25, -0.2) is 4.98 Å². The highest BCUT2D eigenvalue weighted by Crippen LogP contribution is 2.26. The lowest BCUT2D eigenvalue weighted by Gasteiger charge is -2.38. The number of thiazole rings is 1. The van der Waals surface area contributed by atoms with E-state index in [2.05, 4.69) is 34.3 Å². The molecule has 1 saturated heterocycles. The molecule has 1 aromatic carbocycles. The highest BCUT2D eigenvalue weighted by atomic mass is 32.1. The van der Waals surface area contributed by atoms with Crippen LogP contribution in [0.4, 0.5) is 0 Å². The minimum absolute atomic E-state index is 0.533. The van der Waals surface area contributed by atoms with Crippen LogP contribution < -0.4 is 0 Å². The Balaban J connectivity index is 1.47. The molecule has 4 heteroatoms. The first-order valence-electron chi connectivity index (χ1n) is 8.03. The Bertz CT molecular complexity index is 588. The molecular weight excluding hydrogens is 292 g/mol. The molecule has 2 heterocycles. The number of nitrogens with zero attached hydrogens (tertiary/aromatic N) is 2. The Morgan fingerprint density at radius 1 is 1.23 bits per heavy atom. The van der Waals surface area contributed by atoms with Gasteiger partial charge in [0.1, 0.15) is 0 Å². The van der Waals surface area contributed by atoms with Gasteiger partial charge in [0.2, 0.25) is 0 Å². The molecule has 0 spiro atoms. The van der Waals surface area contributed by atoms with Crippen molar-refractivity contribution in [2.45, 2.75) is 38.2 Å². The van der Waals surface area contributed by atoms with E-state index in [0.717, 1.165) is 50.3 Å². The molecule has 0 atom stereocenters.